The van der Waals surface area contributed by atoms with Gasteiger partial charge in [0.15, 0.2) is 0 Å². The molecule has 0 spiro atoms. The van der Waals surface area contributed by atoms with Crippen LogP contribution in [0.25, 0.3) is 0 Å². The maximum Gasteiger partial charge on any atom is 0.284 e. The summed E-state index contributed by atoms with van der Waals surface area (Å²) < 4.78 is 5.41. The Hall–Kier alpha value is -0.640. The molecule has 1 heterocycles. The summed E-state index contributed by atoms with van der Waals surface area (Å²) in [6.07, 6.45) is 4.99. The van der Waals surface area contributed by atoms with Gasteiger partial charge in [0, 0.05) is 5.92 Å². The van der Waals surface area contributed by atoms with E-state index in [1.54, 1.807) is 0 Å². The molecule has 1 aliphatic rings. The van der Waals surface area contributed by atoms with Gasteiger partial charge in [0.2, 0.25) is 5.89 Å². The molecule has 0 aliphatic heterocycles. The van der Waals surface area contributed by atoms with Gasteiger partial charge in [-0.1, -0.05) is 26.7 Å². The van der Waals surface area contributed by atoms with Crippen molar-refractivity contribution in [1.29, 1.82) is 0 Å². The van der Waals surface area contributed by atoms with Crippen LogP contribution in [0.1, 0.15) is 51.3 Å². The first-order valence-corrected chi connectivity index (χ1v) is 5.56. The molecular weight excluding hydrogens is 196 g/mol. The molecular formula is C10H16N2OS. The summed E-state index contributed by atoms with van der Waals surface area (Å²) in [6.45, 7) is 4.56. The van der Waals surface area contributed by atoms with Gasteiger partial charge >= 0.3 is 0 Å². The van der Waals surface area contributed by atoms with E-state index in [9.17, 15) is 0 Å². The molecule has 0 radical (unpaired) electrons. The molecule has 0 saturated heterocycles. The second-order valence-corrected chi connectivity index (χ2v) is 5.11. The zero-order valence-corrected chi connectivity index (χ0v) is 9.49. The van der Waals surface area contributed by atoms with E-state index in [4.69, 9.17) is 16.6 Å². The fourth-order valence-corrected chi connectivity index (χ4v) is 2.47. The number of aromatic nitrogens is 2. The summed E-state index contributed by atoms with van der Waals surface area (Å²) in [5.74, 6) is 1.21. The Kier molecular flexibility index (Phi) is 2.47. The number of H-pyrrole nitrogens is 1. The van der Waals surface area contributed by atoms with E-state index in [1.165, 1.54) is 19.3 Å². The molecule has 1 N–H and O–H groups in total. The van der Waals surface area contributed by atoms with Crippen molar-refractivity contribution in [3.8, 4) is 0 Å². The molecule has 78 valence electrons. The van der Waals surface area contributed by atoms with Crippen molar-refractivity contribution in [2.45, 2.75) is 45.4 Å². The highest BCUT2D eigenvalue weighted by atomic mass is 32.1. The lowest BCUT2D eigenvalue weighted by Crippen LogP contribution is -2.26. The molecule has 0 aromatic carbocycles. The standard InChI is InChI=1S/C10H16N2OS/c1-10(2)6-4-3-5-7(10)8-11-12-9(14)13-8/h7H,3-6H2,1-2H3,(H,12,14). The third-order valence-electron chi connectivity index (χ3n) is 3.26. The van der Waals surface area contributed by atoms with E-state index < -0.39 is 0 Å². The molecule has 4 heteroatoms. The van der Waals surface area contributed by atoms with E-state index >= 15 is 0 Å². The predicted octanol–water partition coefficient (Wildman–Crippen LogP) is 3.42. The minimum atomic E-state index is 0.290. The van der Waals surface area contributed by atoms with Crippen LogP contribution in [0.3, 0.4) is 0 Å². The first kappa shape index (κ1) is 9.90. The average molecular weight is 212 g/mol. The van der Waals surface area contributed by atoms with Gasteiger partial charge in [-0.3, -0.25) is 0 Å². The molecule has 1 unspecified atom stereocenters. The molecule has 1 aromatic heterocycles. The molecule has 14 heavy (non-hydrogen) atoms. The zero-order valence-electron chi connectivity index (χ0n) is 8.67. The van der Waals surface area contributed by atoms with Crippen molar-refractivity contribution in [1.82, 2.24) is 10.2 Å². The van der Waals surface area contributed by atoms with Crippen molar-refractivity contribution >= 4 is 12.2 Å². The van der Waals surface area contributed by atoms with Crippen LogP contribution in [0.2, 0.25) is 0 Å². The summed E-state index contributed by atoms with van der Waals surface area (Å²) >= 11 is 4.89. The molecule has 2 rings (SSSR count). The SMILES string of the molecule is CC1(C)CCCCC1c1n[nH]c(=S)o1. The van der Waals surface area contributed by atoms with E-state index in [-0.39, 0.29) is 0 Å². The van der Waals surface area contributed by atoms with E-state index in [0.717, 1.165) is 12.3 Å². The molecule has 1 fully saturated rings. The van der Waals surface area contributed by atoms with Crippen molar-refractivity contribution in [3.05, 3.63) is 10.7 Å². The van der Waals surface area contributed by atoms with Crippen LogP contribution in [-0.2, 0) is 0 Å². The highest BCUT2D eigenvalue weighted by Crippen LogP contribution is 2.45. The van der Waals surface area contributed by atoms with Gasteiger partial charge in [0.1, 0.15) is 0 Å². The largest absolute Gasteiger partial charge is 0.414 e. The number of hydrogen-bond donors (Lipinski definition) is 1. The summed E-state index contributed by atoms with van der Waals surface area (Å²) in [5.41, 5.74) is 0.290. The maximum atomic E-state index is 5.41. The van der Waals surface area contributed by atoms with Crippen molar-refractivity contribution in [2.24, 2.45) is 5.41 Å². The fourth-order valence-electron chi connectivity index (χ4n) is 2.34. The van der Waals surface area contributed by atoms with E-state index in [2.05, 4.69) is 24.0 Å². The van der Waals surface area contributed by atoms with Gasteiger partial charge in [-0.25, -0.2) is 5.10 Å². The molecule has 3 nitrogen and oxygen atoms in total. The van der Waals surface area contributed by atoms with Crippen LogP contribution < -0.4 is 0 Å². The van der Waals surface area contributed by atoms with E-state index in [1.807, 2.05) is 0 Å². The number of hydrogen-bond acceptors (Lipinski definition) is 3. The van der Waals surface area contributed by atoms with Crippen LogP contribution >= 0.6 is 12.2 Å². The molecule has 0 bridgehead atoms. The molecule has 0 amide bonds. The number of nitrogens with zero attached hydrogens (tertiary/aromatic N) is 1. The van der Waals surface area contributed by atoms with Gasteiger partial charge in [-0.2, -0.15) is 0 Å². The first-order chi connectivity index (χ1) is 6.59. The number of rotatable bonds is 1. The first-order valence-electron chi connectivity index (χ1n) is 5.15. The maximum absolute atomic E-state index is 5.41. The smallest absolute Gasteiger partial charge is 0.284 e. The van der Waals surface area contributed by atoms with Gasteiger partial charge < -0.3 is 4.42 Å². The predicted molar refractivity (Wildman–Crippen MR) is 56.7 cm³/mol. The van der Waals surface area contributed by atoms with Gasteiger partial charge in [-0.15, -0.1) is 5.10 Å². The van der Waals surface area contributed by atoms with Crippen molar-refractivity contribution in [2.75, 3.05) is 0 Å². The second kappa shape index (κ2) is 3.50. The third-order valence-corrected chi connectivity index (χ3v) is 3.43. The lowest BCUT2D eigenvalue weighted by atomic mass is 9.69. The average Bonchev–Trinajstić information content (AvgIpc) is 2.51. The summed E-state index contributed by atoms with van der Waals surface area (Å²) in [6, 6.07) is 0. The molecule has 1 atom stereocenters. The third kappa shape index (κ3) is 1.75. The minimum Gasteiger partial charge on any atom is -0.414 e. The van der Waals surface area contributed by atoms with Crippen LogP contribution in [0.5, 0.6) is 0 Å². The van der Waals surface area contributed by atoms with Gasteiger partial charge in [0.25, 0.3) is 4.84 Å². The minimum absolute atomic E-state index is 0.290. The summed E-state index contributed by atoms with van der Waals surface area (Å²) in [4.78, 5) is 0.390. The molecule has 1 aliphatic carbocycles. The van der Waals surface area contributed by atoms with Crippen molar-refractivity contribution in [3.63, 3.8) is 0 Å². The molecule has 1 saturated carbocycles. The fraction of sp³-hybridized carbons (Fsp3) is 0.800. The lowest BCUT2D eigenvalue weighted by Gasteiger charge is -2.36. The van der Waals surface area contributed by atoms with Crippen molar-refractivity contribution < 1.29 is 4.42 Å². The summed E-state index contributed by atoms with van der Waals surface area (Å²) in [7, 11) is 0. The Morgan fingerprint density at radius 1 is 1.50 bits per heavy atom. The van der Waals surface area contributed by atoms with Crippen LogP contribution in [-0.4, -0.2) is 10.2 Å². The Morgan fingerprint density at radius 2 is 2.29 bits per heavy atom. The second-order valence-electron chi connectivity index (χ2n) is 4.74. The normalized spacial score (nSPS) is 26.3. The number of aromatic amines is 1. The zero-order chi connectivity index (χ0) is 10.2. The number of nitrogens with one attached hydrogen (secondary N) is 1. The Balaban J connectivity index is 2.28. The Bertz CT molecular complexity index is 366. The quantitative estimate of drug-likeness (QED) is 0.725. The topological polar surface area (TPSA) is 41.8 Å². The van der Waals surface area contributed by atoms with Crippen LogP contribution in [0.4, 0.5) is 0 Å². The molecule has 1 aromatic rings. The lowest BCUT2D eigenvalue weighted by molar-refractivity contribution is 0.172. The highest BCUT2D eigenvalue weighted by molar-refractivity contribution is 7.71. The Morgan fingerprint density at radius 3 is 2.86 bits per heavy atom. The van der Waals surface area contributed by atoms with Crippen LogP contribution in [0.15, 0.2) is 4.42 Å². The summed E-state index contributed by atoms with van der Waals surface area (Å²) in [5, 5.41) is 6.84. The van der Waals surface area contributed by atoms with Gasteiger partial charge in [-0.05, 0) is 30.5 Å². The monoisotopic (exact) mass is 212 g/mol. The van der Waals surface area contributed by atoms with Gasteiger partial charge in [0.05, 0.1) is 0 Å². The Labute approximate surface area is 88.9 Å². The van der Waals surface area contributed by atoms with Crippen LogP contribution in [0, 0.1) is 10.3 Å². The van der Waals surface area contributed by atoms with E-state index in [0.29, 0.717) is 16.2 Å². The highest BCUT2D eigenvalue weighted by Gasteiger charge is 2.36.